The standard InChI is InChI=1S/C20H18F2N4O2/c21-15-5-3-11(8-16(15)22)17-9-14-12(10-24-17)2-4-13-18(14)25-26(7-1-6-23)19(13)20(27)28/h3,5,8-10H,1-2,4,6-7,23H2,(H,27,28). The zero-order chi connectivity index (χ0) is 19.8. The Morgan fingerprint density at radius 3 is 2.75 bits per heavy atom. The molecular weight excluding hydrogens is 366 g/mol. The Morgan fingerprint density at radius 2 is 2.04 bits per heavy atom. The lowest BCUT2D eigenvalue weighted by Gasteiger charge is -2.16. The van der Waals surface area contributed by atoms with Crippen molar-refractivity contribution in [3.05, 3.63) is 58.9 Å². The number of carbonyl (C=O) groups is 1. The van der Waals surface area contributed by atoms with Gasteiger partial charge in [-0.1, -0.05) is 0 Å². The molecule has 0 saturated heterocycles. The number of nitrogens with two attached hydrogens (primary N) is 1. The molecule has 28 heavy (non-hydrogen) atoms. The number of aromatic nitrogens is 3. The number of halogens is 2. The second-order valence-electron chi connectivity index (χ2n) is 6.70. The van der Waals surface area contributed by atoms with Crippen LogP contribution in [0.5, 0.6) is 0 Å². The highest BCUT2D eigenvalue weighted by atomic mass is 19.2. The topological polar surface area (TPSA) is 94.0 Å². The van der Waals surface area contributed by atoms with E-state index in [1.807, 2.05) is 0 Å². The minimum atomic E-state index is -1.02. The van der Waals surface area contributed by atoms with Crippen molar-refractivity contribution in [2.45, 2.75) is 25.8 Å². The summed E-state index contributed by atoms with van der Waals surface area (Å²) in [5, 5.41) is 14.2. The predicted molar refractivity (Wildman–Crippen MR) is 98.8 cm³/mol. The van der Waals surface area contributed by atoms with Crippen molar-refractivity contribution in [3.8, 4) is 22.5 Å². The van der Waals surface area contributed by atoms with Crippen LogP contribution in [0.2, 0.25) is 0 Å². The molecule has 0 radical (unpaired) electrons. The van der Waals surface area contributed by atoms with Crippen LogP contribution in [0.3, 0.4) is 0 Å². The average Bonchev–Trinajstić information content (AvgIpc) is 3.07. The first-order valence-corrected chi connectivity index (χ1v) is 8.97. The minimum absolute atomic E-state index is 0.181. The van der Waals surface area contributed by atoms with E-state index in [-0.39, 0.29) is 5.69 Å². The van der Waals surface area contributed by atoms with E-state index in [1.165, 1.54) is 10.7 Å². The number of fused-ring (bicyclic) bond motifs is 3. The average molecular weight is 384 g/mol. The SMILES string of the molecule is NCCCn1nc2c(c1C(=O)O)CCc1cnc(-c3ccc(F)c(F)c3)cc1-2. The monoisotopic (exact) mass is 384 g/mol. The summed E-state index contributed by atoms with van der Waals surface area (Å²) in [5.41, 5.74) is 9.64. The van der Waals surface area contributed by atoms with E-state index in [4.69, 9.17) is 5.73 Å². The van der Waals surface area contributed by atoms with Gasteiger partial charge in [-0.15, -0.1) is 0 Å². The third-order valence-corrected chi connectivity index (χ3v) is 4.93. The Balaban J connectivity index is 1.83. The van der Waals surface area contributed by atoms with E-state index < -0.39 is 17.6 Å². The zero-order valence-electron chi connectivity index (χ0n) is 15.0. The first-order chi connectivity index (χ1) is 13.5. The molecule has 2 heterocycles. The highest BCUT2D eigenvalue weighted by molar-refractivity contribution is 5.91. The van der Waals surface area contributed by atoms with Gasteiger partial charge in [0.1, 0.15) is 5.69 Å². The fourth-order valence-electron chi connectivity index (χ4n) is 3.57. The van der Waals surface area contributed by atoms with Gasteiger partial charge in [0.05, 0.1) is 11.4 Å². The first-order valence-electron chi connectivity index (χ1n) is 8.97. The maximum atomic E-state index is 13.6. The number of hydrogen-bond acceptors (Lipinski definition) is 4. The van der Waals surface area contributed by atoms with Gasteiger partial charge in [0, 0.05) is 29.4 Å². The van der Waals surface area contributed by atoms with E-state index in [2.05, 4.69) is 10.1 Å². The molecular formula is C20H18F2N4O2. The summed E-state index contributed by atoms with van der Waals surface area (Å²) >= 11 is 0. The van der Waals surface area contributed by atoms with E-state index in [0.717, 1.165) is 23.3 Å². The van der Waals surface area contributed by atoms with E-state index in [1.54, 1.807) is 12.3 Å². The summed E-state index contributed by atoms with van der Waals surface area (Å²) in [7, 11) is 0. The number of carboxylic acid groups (broad SMARTS) is 1. The molecule has 6 nitrogen and oxygen atoms in total. The number of benzene rings is 1. The molecule has 0 saturated carbocycles. The fourth-order valence-corrected chi connectivity index (χ4v) is 3.57. The van der Waals surface area contributed by atoms with Crippen molar-refractivity contribution in [3.63, 3.8) is 0 Å². The molecule has 144 valence electrons. The molecule has 0 unspecified atom stereocenters. The van der Waals surface area contributed by atoms with Crippen LogP contribution < -0.4 is 5.73 Å². The molecule has 3 N–H and O–H groups in total. The summed E-state index contributed by atoms with van der Waals surface area (Å²) in [5.74, 6) is -2.89. The lowest BCUT2D eigenvalue weighted by Crippen LogP contribution is -2.14. The molecule has 0 fully saturated rings. The van der Waals surface area contributed by atoms with E-state index in [0.29, 0.717) is 54.9 Å². The van der Waals surface area contributed by atoms with Gasteiger partial charge >= 0.3 is 5.97 Å². The molecule has 1 aliphatic rings. The van der Waals surface area contributed by atoms with Crippen LogP contribution in [0.25, 0.3) is 22.5 Å². The normalized spacial score (nSPS) is 12.5. The number of rotatable bonds is 5. The zero-order valence-corrected chi connectivity index (χ0v) is 15.0. The molecule has 3 aromatic rings. The Morgan fingerprint density at radius 1 is 1.21 bits per heavy atom. The van der Waals surface area contributed by atoms with Crippen molar-refractivity contribution in [2.75, 3.05) is 6.54 Å². The van der Waals surface area contributed by atoms with Crippen LogP contribution in [0.15, 0.2) is 30.5 Å². The summed E-state index contributed by atoms with van der Waals surface area (Å²) in [6, 6.07) is 5.36. The molecule has 0 amide bonds. The van der Waals surface area contributed by atoms with Crippen LogP contribution in [0.1, 0.15) is 28.0 Å². The van der Waals surface area contributed by atoms with E-state index >= 15 is 0 Å². The number of carboxylic acids is 1. The van der Waals surface area contributed by atoms with Crippen molar-refractivity contribution in [1.29, 1.82) is 0 Å². The minimum Gasteiger partial charge on any atom is -0.477 e. The Hall–Kier alpha value is -3.13. The largest absolute Gasteiger partial charge is 0.477 e. The smallest absolute Gasteiger partial charge is 0.354 e. The third-order valence-electron chi connectivity index (χ3n) is 4.93. The van der Waals surface area contributed by atoms with Crippen LogP contribution in [0, 0.1) is 11.6 Å². The van der Waals surface area contributed by atoms with Crippen molar-refractivity contribution in [2.24, 2.45) is 5.73 Å². The number of hydrogen-bond donors (Lipinski definition) is 2. The van der Waals surface area contributed by atoms with Crippen LogP contribution >= 0.6 is 0 Å². The summed E-state index contributed by atoms with van der Waals surface area (Å²) in [6.45, 7) is 0.853. The van der Waals surface area contributed by atoms with Gasteiger partial charge in [-0.25, -0.2) is 13.6 Å². The molecule has 2 aromatic heterocycles. The molecule has 1 aromatic carbocycles. The Bertz CT molecular complexity index is 1080. The number of aromatic carboxylic acids is 1. The van der Waals surface area contributed by atoms with Gasteiger partial charge in [0.15, 0.2) is 11.6 Å². The van der Waals surface area contributed by atoms with Crippen LogP contribution in [-0.4, -0.2) is 32.4 Å². The van der Waals surface area contributed by atoms with Crippen molar-refractivity contribution in [1.82, 2.24) is 14.8 Å². The van der Waals surface area contributed by atoms with Gasteiger partial charge in [-0.3, -0.25) is 9.67 Å². The molecule has 0 bridgehead atoms. The second kappa shape index (κ2) is 7.12. The third kappa shape index (κ3) is 3.05. The Kier molecular flexibility index (Phi) is 4.64. The van der Waals surface area contributed by atoms with Gasteiger partial charge in [0.2, 0.25) is 0 Å². The number of nitrogens with zero attached hydrogens (tertiary/aromatic N) is 3. The van der Waals surface area contributed by atoms with Gasteiger partial charge in [-0.05, 0) is 55.6 Å². The highest BCUT2D eigenvalue weighted by Crippen LogP contribution is 2.36. The van der Waals surface area contributed by atoms with Gasteiger partial charge in [0.25, 0.3) is 0 Å². The predicted octanol–water partition coefficient (Wildman–Crippen LogP) is 3.04. The van der Waals surface area contributed by atoms with Gasteiger partial charge in [-0.2, -0.15) is 5.10 Å². The molecule has 0 aliphatic heterocycles. The van der Waals surface area contributed by atoms with E-state index in [9.17, 15) is 18.7 Å². The summed E-state index contributed by atoms with van der Waals surface area (Å²) in [6.07, 6.45) is 3.49. The second-order valence-corrected chi connectivity index (χ2v) is 6.70. The quantitative estimate of drug-likeness (QED) is 0.705. The van der Waals surface area contributed by atoms with Crippen molar-refractivity contribution < 1.29 is 18.7 Å². The summed E-state index contributed by atoms with van der Waals surface area (Å²) < 4.78 is 28.3. The number of aryl methyl sites for hydroxylation is 2. The maximum Gasteiger partial charge on any atom is 0.354 e. The molecule has 4 rings (SSSR count). The Labute approximate surface area is 159 Å². The lowest BCUT2D eigenvalue weighted by molar-refractivity contribution is 0.0681. The van der Waals surface area contributed by atoms with Crippen molar-refractivity contribution >= 4 is 5.97 Å². The molecule has 0 spiro atoms. The highest BCUT2D eigenvalue weighted by Gasteiger charge is 2.28. The molecule has 1 aliphatic carbocycles. The fraction of sp³-hybridized carbons (Fsp3) is 0.250. The van der Waals surface area contributed by atoms with Crippen LogP contribution in [0.4, 0.5) is 8.78 Å². The van der Waals surface area contributed by atoms with Crippen LogP contribution in [-0.2, 0) is 19.4 Å². The number of pyridine rings is 1. The molecule has 8 heteroatoms. The maximum absolute atomic E-state index is 13.6. The lowest BCUT2D eigenvalue weighted by atomic mass is 9.89. The summed E-state index contributed by atoms with van der Waals surface area (Å²) in [4.78, 5) is 16.2. The molecule has 0 atom stereocenters. The van der Waals surface area contributed by atoms with Gasteiger partial charge < -0.3 is 10.8 Å². The first kappa shape index (κ1) is 18.2.